The largest absolute Gasteiger partial charge is 0.481 e. The molecule has 0 aromatic heterocycles. The van der Waals surface area contributed by atoms with E-state index in [1.807, 2.05) is 19.1 Å². The molecule has 0 bridgehead atoms. The second-order valence-corrected chi connectivity index (χ2v) is 4.32. The molecular formula is C14H16ClNO3. The van der Waals surface area contributed by atoms with Gasteiger partial charge < -0.3 is 10.0 Å². The first-order valence-corrected chi connectivity index (χ1v) is 6.35. The molecule has 1 N–H and O–H groups in total. The van der Waals surface area contributed by atoms with Crippen molar-refractivity contribution in [2.75, 3.05) is 13.1 Å². The van der Waals surface area contributed by atoms with Gasteiger partial charge in [-0.3, -0.25) is 9.59 Å². The summed E-state index contributed by atoms with van der Waals surface area (Å²) in [4.78, 5) is 23.8. The number of nitrogens with zero attached hydrogens (tertiary/aromatic N) is 1. The number of hydrogen-bond acceptors (Lipinski definition) is 2. The summed E-state index contributed by atoms with van der Waals surface area (Å²) in [5.41, 5.74) is 0.756. The molecule has 102 valence electrons. The quantitative estimate of drug-likeness (QED) is 0.816. The van der Waals surface area contributed by atoms with Gasteiger partial charge in [0.2, 0.25) is 5.91 Å². The third-order valence-electron chi connectivity index (χ3n) is 2.60. The summed E-state index contributed by atoms with van der Waals surface area (Å²) in [5, 5.41) is 9.18. The minimum Gasteiger partial charge on any atom is -0.481 e. The van der Waals surface area contributed by atoms with E-state index in [0.29, 0.717) is 11.6 Å². The van der Waals surface area contributed by atoms with Crippen molar-refractivity contribution >= 4 is 29.6 Å². The van der Waals surface area contributed by atoms with E-state index < -0.39 is 5.97 Å². The molecule has 0 saturated carbocycles. The van der Waals surface area contributed by atoms with Crippen molar-refractivity contribution in [3.05, 3.63) is 40.9 Å². The van der Waals surface area contributed by atoms with Crippen molar-refractivity contribution in [3.63, 3.8) is 0 Å². The monoisotopic (exact) mass is 281 g/mol. The fraction of sp³-hybridized carbons (Fsp3) is 0.286. The first-order chi connectivity index (χ1) is 9.04. The third kappa shape index (κ3) is 5.14. The third-order valence-corrected chi connectivity index (χ3v) is 2.94. The second-order valence-electron chi connectivity index (χ2n) is 3.92. The van der Waals surface area contributed by atoms with Gasteiger partial charge in [-0.05, 0) is 24.6 Å². The van der Waals surface area contributed by atoms with Crippen molar-refractivity contribution in [2.45, 2.75) is 13.3 Å². The van der Waals surface area contributed by atoms with Crippen LogP contribution in [0.3, 0.4) is 0 Å². The summed E-state index contributed by atoms with van der Waals surface area (Å²) in [5.74, 6) is -1.13. The molecule has 0 radical (unpaired) electrons. The molecule has 0 aliphatic heterocycles. The summed E-state index contributed by atoms with van der Waals surface area (Å²) < 4.78 is 0. The van der Waals surface area contributed by atoms with Gasteiger partial charge >= 0.3 is 5.97 Å². The highest BCUT2D eigenvalue weighted by Gasteiger charge is 2.10. The van der Waals surface area contributed by atoms with Crippen molar-refractivity contribution < 1.29 is 14.7 Å². The lowest BCUT2D eigenvalue weighted by Gasteiger charge is -2.17. The molecule has 1 amide bonds. The van der Waals surface area contributed by atoms with Gasteiger partial charge in [0.05, 0.1) is 6.42 Å². The van der Waals surface area contributed by atoms with Crippen LogP contribution in [0.5, 0.6) is 0 Å². The van der Waals surface area contributed by atoms with Crippen LogP contribution in [0.2, 0.25) is 5.02 Å². The molecule has 4 nitrogen and oxygen atoms in total. The van der Waals surface area contributed by atoms with E-state index in [1.54, 1.807) is 18.2 Å². The van der Waals surface area contributed by atoms with Gasteiger partial charge in [-0.15, -0.1) is 0 Å². The fourth-order valence-corrected chi connectivity index (χ4v) is 1.73. The fourth-order valence-electron chi connectivity index (χ4n) is 1.53. The zero-order valence-corrected chi connectivity index (χ0v) is 11.4. The normalized spacial score (nSPS) is 10.6. The molecule has 0 spiro atoms. The molecule has 0 fully saturated rings. The molecule has 19 heavy (non-hydrogen) atoms. The lowest BCUT2D eigenvalue weighted by Crippen LogP contribution is -2.31. The predicted octanol–water partition coefficient (Wildman–Crippen LogP) is 2.68. The number of amides is 1. The Morgan fingerprint density at radius 1 is 1.37 bits per heavy atom. The lowest BCUT2D eigenvalue weighted by atomic mass is 10.2. The second kappa shape index (κ2) is 7.59. The minimum absolute atomic E-state index is 0.0560. The van der Waals surface area contributed by atoms with E-state index in [9.17, 15) is 9.59 Å². The number of carbonyl (C=O) groups excluding carboxylic acids is 1. The molecule has 0 heterocycles. The number of hydrogen-bond donors (Lipinski definition) is 1. The van der Waals surface area contributed by atoms with Crippen LogP contribution in [0, 0.1) is 0 Å². The van der Waals surface area contributed by atoms with Crippen molar-refractivity contribution in [1.29, 1.82) is 0 Å². The summed E-state index contributed by atoms with van der Waals surface area (Å²) in [6, 6.07) is 7.19. The Labute approximate surface area is 117 Å². The topological polar surface area (TPSA) is 57.6 Å². The van der Waals surface area contributed by atoms with Crippen LogP contribution >= 0.6 is 11.6 Å². The Morgan fingerprint density at radius 2 is 2.05 bits per heavy atom. The molecule has 1 aromatic rings. The van der Waals surface area contributed by atoms with Crippen molar-refractivity contribution in [1.82, 2.24) is 4.90 Å². The molecule has 0 aliphatic rings. The van der Waals surface area contributed by atoms with Crippen LogP contribution < -0.4 is 0 Å². The number of rotatable bonds is 6. The maximum absolute atomic E-state index is 11.9. The molecule has 0 atom stereocenters. The number of aliphatic carboxylic acids is 1. The number of carboxylic acid groups (broad SMARTS) is 1. The summed E-state index contributed by atoms with van der Waals surface area (Å²) in [6.45, 7) is 2.49. The molecule has 0 aliphatic carbocycles. The number of likely N-dealkylation sites (N-methyl/N-ethyl adjacent to an activating group) is 1. The maximum Gasteiger partial charge on any atom is 0.305 e. The van der Waals surface area contributed by atoms with Gasteiger partial charge in [0.25, 0.3) is 0 Å². The SMILES string of the molecule is CCN(CCC(=O)O)C(=O)/C=C/c1ccccc1Cl. The van der Waals surface area contributed by atoms with Gasteiger partial charge in [-0.1, -0.05) is 29.8 Å². The summed E-state index contributed by atoms with van der Waals surface area (Å²) in [7, 11) is 0. The highest BCUT2D eigenvalue weighted by Crippen LogP contribution is 2.16. The highest BCUT2D eigenvalue weighted by atomic mass is 35.5. The minimum atomic E-state index is -0.915. The van der Waals surface area contributed by atoms with Gasteiger partial charge in [-0.25, -0.2) is 0 Å². The molecule has 0 saturated heterocycles. The standard InChI is InChI=1S/C14H16ClNO3/c1-2-16(10-9-14(18)19)13(17)8-7-11-5-3-4-6-12(11)15/h3-8H,2,9-10H2,1H3,(H,18,19)/b8-7+. The van der Waals surface area contributed by atoms with Crippen LogP contribution in [0.4, 0.5) is 0 Å². The summed E-state index contributed by atoms with van der Waals surface area (Å²) in [6.07, 6.45) is 2.99. The van der Waals surface area contributed by atoms with E-state index in [0.717, 1.165) is 5.56 Å². The van der Waals surface area contributed by atoms with Gasteiger partial charge in [0, 0.05) is 24.2 Å². The van der Waals surface area contributed by atoms with E-state index in [4.69, 9.17) is 16.7 Å². The Hall–Kier alpha value is -1.81. The zero-order valence-electron chi connectivity index (χ0n) is 10.7. The van der Waals surface area contributed by atoms with Crippen molar-refractivity contribution in [2.24, 2.45) is 0 Å². The Balaban J connectivity index is 2.66. The molecule has 5 heteroatoms. The zero-order chi connectivity index (χ0) is 14.3. The highest BCUT2D eigenvalue weighted by molar-refractivity contribution is 6.32. The smallest absolute Gasteiger partial charge is 0.305 e. The Bertz CT molecular complexity index is 485. The van der Waals surface area contributed by atoms with Crippen molar-refractivity contribution in [3.8, 4) is 0 Å². The maximum atomic E-state index is 11.9. The van der Waals surface area contributed by atoms with E-state index in [2.05, 4.69) is 0 Å². The van der Waals surface area contributed by atoms with Crippen LogP contribution in [-0.4, -0.2) is 35.0 Å². The van der Waals surface area contributed by atoms with Crippen LogP contribution in [0.1, 0.15) is 18.9 Å². The van der Waals surface area contributed by atoms with Crippen LogP contribution in [0.15, 0.2) is 30.3 Å². The molecule has 0 unspecified atom stereocenters. The number of benzene rings is 1. The first-order valence-electron chi connectivity index (χ1n) is 5.98. The Kier molecular flexibility index (Phi) is 6.09. The number of carbonyl (C=O) groups is 2. The van der Waals surface area contributed by atoms with Gasteiger partial charge in [-0.2, -0.15) is 0 Å². The Morgan fingerprint density at radius 3 is 2.63 bits per heavy atom. The number of carboxylic acids is 1. The molecule has 1 rings (SSSR count). The van der Waals surface area contributed by atoms with Gasteiger partial charge in [0.15, 0.2) is 0 Å². The average molecular weight is 282 g/mol. The molecular weight excluding hydrogens is 266 g/mol. The number of halogens is 1. The molecule has 1 aromatic carbocycles. The lowest BCUT2D eigenvalue weighted by molar-refractivity contribution is -0.137. The van der Waals surface area contributed by atoms with Gasteiger partial charge in [0.1, 0.15) is 0 Å². The average Bonchev–Trinajstić information content (AvgIpc) is 2.38. The summed E-state index contributed by atoms with van der Waals surface area (Å²) >= 11 is 5.97. The first kappa shape index (κ1) is 15.2. The van der Waals surface area contributed by atoms with E-state index in [-0.39, 0.29) is 18.9 Å². The van der Waals surface area contributed by atoms with E-state index in [1.165, 1.54) is 11.0 Å². The van der Waals surface area contributed by atoms with Crippen LogP contribution in [-0.2, 0) is 9.59 Å². The van der Waals surface area contributed by atoms with E-state index >= 15 is 0 Å². The van der Waals surface area contributed by atoms with Crippen LogP contribution in [0.25, 0.3) is 6.08 Å². The predicted molar refractivity (Wildman–Crippen MR) is 75.0 cm³/mol.